The Balaban J connectivity index is 2.84. The number of aryl methyl sites for hydroxylation is 1. The zero-order chi connectivity index (χ0) is 16.0. The van der Waals surface area contributed by atoms with E-state index >= 15 is 0 Å². The second-order valence-electron chi connectivity index (χ2n) is 6.15. The molecule has 1 aromatic rings. The number of alkyl halides is 2. The summed E-state index contributed by atoms with van der Waals surface area (Å²) in [5.41, 5.74) is 1.84. The van der Waals surface area contributed by atoms with Crippen molar-refractivity contribution in [1.82, 2.24) is 10.3 Å². The van der Waals surface area contributed by atoms with E-state index in [4.69, 9.17) is 5.11 Å². The second-order valence-corrected chi connectivity index (χ2v) is 6.15. The van der Waals surface area contributed by atoms with Gasteiger partial charge in [-0.15, -0.1) is 0 Å². The Morgan fingerprint density at radius 3 is 2.52 bits per heavy atom. The quantitative estimate of drug-likeness (QED) is 0.811. The van der Waals surface area contributed by atoms with Crippen molar-refractivity contribution in [3.8, 4) is 0 Å². The van der Waals surface area contributed by atoms with Crippen LogP contribution in [0, 0.1) is 6.92 Å². The number of anilines is 1. The van der Waals surface area contributed by atoms with Gasteiger partial charge in [0.25, 0.3) is 6.43 Å². The third-order valence-electron chi connectivity index (χ3n) is 2.96. The number of nitrogens with zero attached hydrogens (tertiary/aromatic N) is 2. The number of hydrogen-bond donors (Lipinski definition) is 2. The van der Waals surface area contributed by atoms with Crippen molar-refractivity contribution in [2.75, 3.05) is 24.6 Å². The summed E-state index contributed by atoms with van der Waals surface area (Å²) in [6, 6.07) is 1.94. The van der Waals surface area contributed by atoms with Gasteiger partial charge < -0.3 is 15.3 Å². The van der Waals surface area contributed by atoms with Crippen molar-refractivity contribution in [1.29, 1.82) is 0 Å². The van der Waals surface area contributed by atoms with E-state index in [2.05, 4.69) is 31.1 Å². The molecule has 120 valence electrons. The smallest absolute Gasteiger partial charge is 0.255 e. The Labute approximate surface area is 125 Å². The van der Waals surface area contributed by atoms with Crippen LogP contribution in [0.4, 0.5) is 14.6 Å². The molecule has 0 saturated heterocycles. The zero-order valence-corrected chi connectivity index (χ0v) is 13.2. The Bertz CT molecular complexity index is 447. The molecule has 1 aromatic heterocycles. The molecule has 0 atom stereocenters. The van der Waals surface area contributed by atoms with Gasteiger partial charge in [-0.05, 0) is 44.9 Å². The number of pyridine rings is 1. The topological polar surface area (TPSA) is 48.4 Å². The molecule has 6 heteroatoms. The molecule has 0 saturated carbocycles. The average molecular weight is 301 g/mol. The van der Waals surface area contributed by atoms with Gasteiger partial charge in [-0.2, -0.15) is 0 Å². The maximum absolute atomic E-state index is 12.6. The lowest BCUT2D eigenvalue weighted by Crippen LogP contribution is -2.35. The van der Waals surface area contributed by atoms with Gasteiger partial charge >= 0.3 is 0 Å². The van der Waals surface area contributed by atoms with E-state index in [-0.39, 0.29) is 18.7 Å². The monoisotopic (exact) mass is 301 g/mol. The number of aliphatic hydroxyl groups is 1. The zero-order valence-electron chi connectivity index (χ0n) is 13.2. The Hall–Kier alpha value is -1.27. The van der Waals surface area contributed by atoms with Crippen molar-refractivity contribution in [2.45, 2.75) is 46.2 Å². The fourth-order valence-electron chi connectivity index (χ4n) is 1.99. The van der Waals surface area contributed by atoms with Gasteiger partial charge in [-0.3, -0.25) is 0 Å². The number of aromatic nitrogens is 1. The molecule has 0 aromatic carbocycles. The SMILES string of the molecule is Cc1cc(CNC(C)(C)C)cnc1N(CCO)CC(F)F. The van der Waals surface area contributed by atoms with Gasteiger partial charge in [0, 0.05) is 24.8 Å². The standard InChI is InChI=1S/C15H25F2N3O/c1-11-7-12(9-19-15(2,3)4)8-18-14(11)20(5-6-21)10-13(16)17/h7-8,13,19,21H,5-6,9-10H2,1-4H3. The third-order valence-corrected chi connectivity index (χ3v) is 2.96. The van der Waals surface area contributed by atoms with Crippen LogP contribution in [0.3, 0.4) is 0 Å². The average Bonchev–Trinajstić information content (AvgIpc) is 2.34. The molecule has 0 radical (unpaired) electrons. The van der Waals surface area contributed by atoms with Gasteiger partial charge in [-0.25, -0.2) is 13.8 Å². The van der Waals surface area contributed by atoms with Crippen LogP contribution < -0.4 is 10.2 Å². The summed E-state index contributed by atoms with van der Waals surface area (Å²) in [5.74, 6) is 0.504. The minimum absolute atomic E-state index is 0.00513. The summed E-state index contributed by atoms with van der Waals surface area (Å²) in [5, 5.41) is 12.4. The Morgan fingerprint density at radius 1 is 1.38 bits per heavy atom. The molecule has 21 heavy (non-hydrogen) atoms. The first kappa shape index (κ1) is 17.8. The molecule has 4 nitrogen and oxygen atoms in total. The highest BCUT2D eigenvalue weighted by atomic mass is 19.3. The highest BCUT2D eigenvalue weighted by Gasteiger charge is 2.16. The van der Waals surface area contributed by atoms with Crippen LogP contribution in [0.15, 0.2) is 12.3 Å². The van der Waals surface area contributed by atoms with E-state index in [1.54, 1.807) is 6.20 Å². The minimum Gasteiger partial charge on any atom is -0.395 e. The Kier molecular flexibility index (Phi) is 6.48. The number of hydrogen-bond acceptors (Lipinski definition) is 4. The predicted molar refractivity (Wildman–Crippen MR) is 80.9 cm³/mol. The van der Waals surface area contributed by atoms with Crippen molar-refractivity contribution in [2.24, 2.45) is 0 Å². The van der Waals surface area contributed by atoms with E-state index in [0.29, 0.717) is 12.4 Å². The van der Waals surface area contributed by atoms with Crippen LogP contribution in [-0.4, -0.2) is 41.8 Å². The lowest BCUT2D eigenvalue weighted by molar-refractivity contribution is 0.152. The molecule has 0 spiro atoms. The first-order chi connectivity index (χ1) is 9.73. The highest BCUT2D eigenvalue weighted by Crippen LogP contribution is 2.19. The summed E-state index contributed by atoms with van der Waals surface area (Å²) in [4.78, 5) is 5.71. The second kappa shape index (κ2) is 7.66. The van der Waals surface area contributed by atoms with E-state index in [9.17, 15) is 8.78 Å². The van der Waals surface area contributed by atoms with Gasteiger partial charge in [0.2, 0.25) is 0 Å². The fraction of sp³-hybridized carbons (Fsp3) is 0.667. The largest absolute Gasteiger partial charge is 0.395 e. The number of nitrogens with one attached hydrogen (secondary N) is 1. The molecule has 1 heterocycles. The van der Waals surface area contributed by atoms with Crippen LogP contribution in [0.2, 0.25) is 0 Å². The summed E-state index contributed by atoms with van der Waals surface area (Å²) in [7, 11) is 0. The number of aliphatic hydroxyl groups excluding tert-OH is 1. The van der Waals surface area contributed by atoms with Crippen LogP contribution in [0.25, 0.3) is 0 Å². The summed E-state index contributed by atoms with van der Waals surface area (Å²) in [6.45, 7) is 8.30. The Morgan fingerprint density at radius 2 is 2.05 bits per heavy atom. The molecular formula is C15H25F2N3O. The van der Waals surface area contributed by atoms with Gasteiger partial charge in [-0.1, -0.05) is 0 Å². The van der Waals surface area contributed by atoms with Crippen molar-refractivity contribution < 1.29 is 13.9 Å². The molecule has 2 N–H and O–H groups in total. The third kappa shape index (κ3) is 6.35. The van der Waals surface area contributed by atoms with Crippen LogP contribution in [-0.2, 0) is 6.54 Å². The van der Waals surface area contributed by atoms with Crippen molar-refractivity contribution >= 4 is 5.82 Å². The minimum atomic E-state index is -2.46. The van der Waals surface area contributed by atoms with E-state index in [0.717, 1.165) is 11.1 Å². The molecule has 0 aliphatic heterocycles. The van der Waals surface area contributed by atoms with Gasteiger partial charge in [0.15, 0.2) is 0 Å². The van der Waals surface area contributed by atoms with Crippen LogP contribution in [0.5, 0.6) is 0 Å². The fourth-order valence-corrected chi connectivity index (χ4v) is 1.99. The summed E-state index contributed by atoms with van der Waals surface area (Å²) in [6.07, 6.45) is -0.767. The normalized spacial score (nSPS) is 12.0. The first-order valence-electron chi connectivity index (χ1n) is 7.07. The molecular weight excluding hydrogens is 276 g/mol. The highest BCUT2D eigenvalue weighted by molar-refractivity contribution is 5.47. The summed E-state index contributed by atoms with van der Waals surface area (Å²) < 4.78 is 25.2. The van der Waals surface area contributed by atoms with E-state index in [1.807, 2.05) is 13.0 Å². The van der Waals surface area contributed by atoms with E-state index < -0.39 is 13.0 Å². The predicted octanol–water partition coefficient (Wildman–Crippen LogP) is 2.34. The maximum Gasteiger partial charge on any atom is 0.255 e. The van der Waals surface area contributed by atoms with Crippen molar-refractivity contribution in [3.63, 3.8) is 0 Å². The number of halogens is 2. The molecule has 0 fully saturated rings. The summed E-state index contributed by atoms with van der Waals surface area (Å²) >= 11 is 0. The lowest BCUT2D eigenvalue weighted by Gasteiger charge is -2.25. The van der Waals surface area contributed by atoms with Crippen LogP contribution >= 0.6 is 0 Å². The molecule has 0 amide bonds. The first-order valence-corrected chi connectivity index (χ1v) is 7.07. The molecule has 0 aliphatic rings. The van der Waals surface area contributed by atoms with Gasteiger partial charge in [0.05, 0.1) is 13.2 Å². The molecule has 0 aliphatic carbocycles. The number of rotatable bonds is 7. The molecule has 0 bridgehead atoms. The molecule has 1 rings (SSSR count). The lowest BCUT2D eigenvalue weighted by atomic mass is 10.1. The maximum atomic E-state index is 12.6. The molecule has 0 unspecified atom stereocenters. The van der Waals surface area contributed by atoms with Gasteiger partial charge in [0.1, 0.15) is 5.82 Å². The van der Waals surface area contributed by atoms with E-state index in [1.165, 1.54) is 4.90 Å². The van der Waals surface area contributed by atoms with Crippen LogP contribution in [0.1, 0.15) is 31.9 Å². The van der Waals surface area contributed by atoms with Crippen molar-refractivity contribution in [3.05, 3.63) is 23.4 Å².